The number of halogens is 1. The lowest BCUT2D eigenvalue weighted by atomic mass is 10.3. The molecule has 2 N–H and O–H groups in total. The molecule has 0 amide bonds. The average molecular weight is 207 g/mol. The highest BCUT2D eigenvalue weighted by Gasteiger charge is 2.08. The van der Waals surface area contributed by atoms with Crippen molar-refractivity contribution in [1.82, 2.24) is 9.55 Å². The van der Waals surface area contributed by atoms with Gasteiger partial charge in [-0.3, -0.25) is 4.57 Å². The van der Waals surface area contributed by atoms with E-state index in [1.807, 2.05) is 0 Å². The highest BCUT2D eigenvalue weighted by atomic mass is 19.1. The maximum atomic E-state index is 13.2. The zero-order chi connectivity index (χ0) is 10.8. The van der Waals surface area contributed by atoms with Crippen LogP contribution in [0.5, 0.6) is 11.8 Å². The molecule has 0 radical (unpaired) electrons. The van der Waals surface area contributed by atoms with Gasteiger partial charge in [0.2, 0.25) is 0 Å². The molecule has 0 spiro atoms. The topological polar surface area (TPSA) is 53.1 Å². The van der Waals surface area contributed by atoms with Crippen LogP contribution in [0, 0.1) is 5.82 Å². The van der Waals surface area contributed by atoms with E-state index in [0.717, 1.165) is 0 Å². The molecule has 2 rings (SSSR count). The summed E-state index contributed by atoms with van der Waals surface area (Å²) in [5, 5.41) is 0. The highest BCUT2D eigenvalue weighted by molar-refractivity contribution is 5.33. The third kappa shape index (κ3) is 1.76. The number of rotatable bonds is 2. The molecule has 0 saturated heterocycles. The van der Waals surface area contributed by atoms with Gasteiger partial charge in [0.25, 0.3) is 0 Å². The standard InChI is InChI=1S/C10H10FN3O/c1-14-9(12)6-13-10(14)15-8-5-3-2-4-7(8)11/h2-6H,12H2,1H3. The molecule has 0 bridgehead atoms. The van der Waals surface area contributed by atoms with Crippen molar-refractivity contribution >= 4 is 5.82 Å². The summed E-state index contributed by atoms with van der Waals surface area (Å²) in [7, 11) is 1.69. The molecular weight excluding hydrogens is 197 g/mol. The fourth-order valence-corrected chi connectivity index (χ4v) is 1.13. The van der Waals surface area contributed by atoms with Crippen LogP contribution in [0.15, 0.2) is 30.5 Å². The molecule has 78 valence electrons. The van der Waals surface area contributed by atoms with Gasteiger partial charge in [0.15, 0.2) is 11.6 Å². The fourth-order valence-electron chi connectivity index (χ4n) is 1.13. The van der Waals surface area contributed by atoms with E-state index in [4.69, 9.17) is 10.5 Å². The van der Waals surface area contributed by atoms with Gasteiger partial charge in [-0.25, -0.2) is 9.37 Å². The molecule has 0 aliphatic heterocycles. The second kappa shape index (κ2) is 3.61. The molecule has 0 saturated carbocycles. The second-order valence-electron chi connectivity index (χ2n) is 3.06. The molecule has 15 heavy (non-hydrogen) atoms. The van der Waals surface area contributed by atoms with Crippen molar-refractivity contribution in [3.63, 3.8) is 0 Å². The summed E-state index contributed by atoms with van der Waals surface area (Å²) in [6, 6.07) is 6.39. The fraction of sp³-hybridized carbons (Fsp3) is 0.100. The molecule has 0 atom stereocenters. The summed E-state index contributed by atoms with van der Waals surface area (Å²) in [6.07, 6.45) is 1.45. The smallest absolute Gasteiger partial charge is 0.303 e. The van der Waals surface area contributed by atoms with Crippen LogP contribution >= 0.6 is 0 Å². The Balaban J connectivity index is 2.30. The number of imidazole rings is 1. The minimum absolute atomic E-state index is 0.131. The molecular formula is C10H10FN3O. The number of anilines is 1. The van der Waals surface area contributed by atoms with Crippen molar-refractivity contribution < 1.29 is 9.13 Å². The number of nitrogens with zero attached hydrogens (tertiary/aromatic N) is 2. The van der Waals surface area contributed by atoms with E-state index in [1.54, 1.807) is 19.2 Å². The van der Waals surface area contributed by atoms with Crippen molar-refractivity contribution in [2.45, 2.75) is 0 Å². The molecule has 1 aromatic heterocycles. The average Bonchev–Trinajstić information content (AvgIpc) is 2.53. The summed E-state index contributed by atoms with van der Waals surface area (Å²) < 4.78 is 20.0. The van der Waals surface area contributed by atoms with E-state index in [-0.39, 0.29) is 11.8 Å². The first kappa shape index (κ1) is 9.51. The summed E-state index contributed by atoms with van der Waals surface area (Å²) in [5.74, 6) is 0.159. The Bertz CT molecular complexity index is 481. The van der Waals surface area contributed by atoms with E-state index in [1.165, 1.54) is 22.9 Å². The predicted molar refractivity (Wildman–Crippen MR) is 54.1 cm³/mol. The number of nitrogen functional groups attached to an aromatic ring is 1. The van der Waals surface area contributed by atoms with Crippen LogP contribution in [0.1, 0.15) is 0 Å². The Labute approximate surface area is 86.1 Å². The number of benzene rings is 1. The third-order valence-corrected chi connectivity index (χ3v) is 2.02. The molecule has 4 nitrogen and oxygen atoms in total. The molecule has 0 aliphatic carbocycles. The molecule has 0 fully saturated rings. The number of ether oxygens (including phenoxy) is 1. The largest absolute Gasteiger partial charge is 0.422 e. The van der Waals surface area contributed by atoms with Crippen LogP contribution < -0.4 is 10.5 Å². The van der Waals surface area contributed by atoms with Crippen LogP contribution in [-0.4, -0.2) is 9.55 Å². The van der Waals surface area contributed by atoms with E-state index < -0.39 is 5.82 Å². The normalized spacial score (nSPS) is 10.3. The Hall–Kier alpha value is -2.04. The molecule has 1 aromatic carbocycles. The van der Waals surface area contributed by atoms with Crippen molar-refractivity contribution in [3.05, 3.63) is 36.3 Å². The van der Waals surface area contributed by atoms with Gasteiger partial charge < -0.3 is 10.5 Å². The lowest BCUT2D eigenvalue weighted by Gasteiger charge is -2.05. The first-order chi connectivity index (χ1) is 7.18. The third-order valence-electron chi connectivity index (χ3n) is 2.02. The Morgan fingerprint density at radius 2 is 2.13 bits per heavy atom. The first-order valence-electron chi connectivity index (χ1n) is 4.38. The zero-order valence-corrected chi connectivity index (χ0v) is 8.14. The Morgan fingerprint density at radius 1 is 1.40 bits per heavy atom. The number of hydrogen-bond acceptors (Lipinski definition) is 3. The quantitative estimate of drug-likeness (QED) is 0.818. The van der Waals surface area contributed by atoms with Crippen LogP contribution in [0.25, 0.3) is 0 Å². The summed E-state index contributed by atoms with van der Waals surface area (Å²) in [6.45, 7) is 0. The van der Waals surface area contributed by atoms with Crippen LogP contribution in [0.2, 0.25) is 0 Å². The number of hydrogen-bond donors (Lipinski definition) is 1. The van der Waals surface area contributed by atoms with Gasteiger partial charge in [-0.2, -0.15) is 0 Å². The highest BCUT2D eigenvalue weighted by Crippen LogP contribution is 2.23. The first-order valence-corrected chi connectivity index (χ1v) is 4.38. The maximum absolute atomic E-state index is 13.2. The van der Waals surface area contributed by atoms with Crippen molar-refractivity contribution in [1.29, 1.82) is 0 Å². The van der Waals surface area contributed by atoms with Crippen molar-refractivity contribution in [3.8, 4) is 11.8 Å². The number of para-hydroxylation sites is 1. The van der Waals surface area contributed by atoms with E-state index in [0.29, 0.717) is 5.82 Å². The van der Waals surface area contributed by atoms with Gasteiger partial charge in [-0.15, -0.1) is 0 Å². The molecule has 0 unspecified atom stereocenters. The Morgan fingerprint density at radius 3 is 2.73 bits per heavy atom. The maximum Gasteiger partial charge on any atom is 0.303 e. The lowest BCUT2D eigenvalue weighted by molar-refractivity contribution is 0.399. The van der Waals surface area contributed by atoms with Crippen LogP contribution in [0.4, 0.5) is 10.2 Å². The second-order valence-corrected chi connectivity index (χ2v) is 3.06. The number of aromatic nitrogens is 2. The molecule has 0 aliphatic rings. The van der Waals surface area contributed by atoms with Crippen LogP contribution in [0.3, 0.4) is 0 Å². The van der Waals surface area contributed by atoms with Gasteiger partial charge in [-0.1, -0.05) is 12.1 Å². The van der Waals surface area contributed by atoms with Gasteiger partial charge in [0, 0.05) is 7.05 Å². The van der Waals surface area contributed by atoms with Crippen LogP contribution in [-0.2, 0) is 7.05 Å². The minimum atomic E-state index is -0.431. The van der Waals surface area contributed by atoms with Gasteiger partial charge in [0.1, 0.15) is 5.82 Å². The summed E-state index contributed by atoms with van der Waals surface area (Å²) in [5.41, 5.74) is 5.56. The van der Waals surface area contributed by atoms with Gasteiger partial charge in [0.05, 0.1) is 6.20 Å². The van der Waals surface area contributed by atoms with E-state index in [2.05, 4.69) is 4.98 Å². The van der Waals surface area contributed by atoms with Gasteiger partial charge >= 0.3 is 6.01 Å². The molecule has 1 heterocycles. The predicted octanol–water partition coefficient (Wildman–Crippen LogP) is 1.93. The van der Waals surface area contributed by atoms with Gasteiger partial charge in [-0.05, 0) is 12.1 Å². The summed E-state index contributed by atoms with van der Waals surface area (Å²) >= 11 is 0. The summed E-state index contributed by atoms with van der Waals surface area (Å²) in [4.78, 5) is 3.90. The SMILES string of the molecule is Cn1c(N)cnc1Oc1ccccc1F. The zero-order valence-electron chi connectivity index (χ0n) is 8.14. The van der Waals surface area contributed by atoms with E-state index >= 15 is 0 Å². The Kier molecular flexibility index (Phi) is 2.29. The van der Waals surface area contributed by atoms with Crippen molar-refractivity contribution in [2.75, 3.05) is 5.73 Å². The molecule has 5 heteroatoms. The lowest BCUT2D eigenvalue weighted by Crippen LogP contribution is -1.99. The number of nitrogens with two attached hydrogens (primary N) is 1. The minimum Gasteiger partial charge on any atom is -0.422 e. The molecule has 2 aromatic rings. The monoisotopic (exact) mass is 207 g/mol. The van der Waals surface area contributed by atoms with Crippen molar-refractivity contribution in [2.24, 2.45) is 7.05 Å². The van der Waals surface area contributed by atoms with E-state index in [9.17, 15) is 4.39 Å².